The molecule has 0 amide bonds. The summed E-state index contributed by atoms with van der Waals surface area (Å²) in [5, 5.41) is 16.7. The highest BCUT2D eigenvalue weighted by molar-refractivity contribution is 5.89. The van der Waals surface area contributed by atoms with Crippen molar-refractivity contribution in [1.29, 1.82) is 0 Å². The third-order valence-corrected chi connectivity index (χ3v) is 2.16. The number of benzene rings is 1. The van der Waals surface area contributed by atoms with E-state index in [1.165, 1.54) is 11.4 Å². The Bertz CT molecular complexity index is 575. The molecule has 2 N–H and O–H groups in total. The number of halogens is 1. The molecule has 1 heterocycles. The molecule has 1 aromatic carbocycles. The Morgan fingerprint density at radius 2 is 1.84 bits per heavy atom. The monoisotopic (exact) mass is 264 g/mol. The number of hydrogen-bond donors (Lipinski definition) is 2. The van der Waals surface area contributed by atoms with Crippen LogP contribution in [0.5, 0.6) is 0 Å². The number of carbonyl (C=O) groups is 1. The zero-order chi connectivity index (χ0) is 14.3. The summed E-state index contributed by atoms with van der Waals surface area (Å²) in [4.78, 5) is 22.7. The van der Waals surface area contributed by atoms with E-state index in [0.717, 1.165) is 11.8 Å². The van der Waals surface area contributed by atoms with Gasteiger partial charge in [0.15, 0.2) is 11.2 Å². The molecule has 0 aliphatic heterocycles. The molecule has 0 unspecified atom stereocenters. The smallest absolute Gasteiger partial charge is 0.338 e. The fourth-order valence-electron chi connectivity index (χ4n) is 1.37. The molecule has 0 bridgehead atoms. The molecule has 0 aliphatic rings. The standard InChI is InChI=1S/C12H8FNO2.HNO2/c13-10-7-14-11(6-9(10)12(15)16)8-4-2-1-3-5-8;2-1-3/h1-7H,(H,15,16);(H,2,3). The number of nitrogens with zero attached hydrogens (tertiary/aromatic N) is 2. The Balaban J connectivity index is 0.000000550. The molecule has 0 aliphatic carbocycles. The first-order valence-electron chi connectivity index (χ1n) is 5.01. The van der Waals surface area contributed by atoms with E-state index in [4.69, 9.17) is 15.2 Å². The highest BCUT2D eigenvalue weighted by Gasteiger charge is 2.12. The van der Waals surface area contributed by atoms with Crippen molar-refractivity contribution in [2.45, 2.75) is 0 Å². The first-order chi connectivity index (χ1) is 9.10. The van der Waals surface area contributed by atoms with E-state index in [9.17, 15) is 9.18 Å². The molecule has 6 nitrogen and oxygen atoms in total. The van der Waals surface area contributed by atoms with Crippen LogP contribution in [0.2, 0.25) is 0 Å². The van der Waals surface area contributed by atoms with Crippen LogP contribution in [0.25, 0.3) is 11.3 Å². The number of carboxylic acids is 1. The zero-order valence-electron chi connectivity index (χ0n) is 9.52. The van der Waals surface area contributed by atoms with Crippen LogP contribution in [-0.4, -0.2) is 21.3 Å². The molecule has 0 atom stereocenters. The maximum Gasteiger partial charge on any atom is 0.338 e. The summed E-state index contributed by atoms with van der Waals surface area (Å²) in [6, 6.07) is 10.2. The third kappa shape index (κ3) is 3.84. The maximum absolute atomic E-state index is 13.1. The lowest BCUT2D eigenvalue weighted by Crippen LogP contribution is -2.02. The number of hydrogen-bond acceptors (Lipinski definition) is 4. The third-order valence-electron chi connectivity index (χ3n) is 2.16. The largest absolute Gasteiger partial charge is 0.478 e. The SMILES string of the molecule is O=C(O)c1cc(-c2ccccc2)ncc1F.O=NO. The Hall–Kier alpha value is -2.83. The van der Waals surface area contributed by atoms with Crippen LogP contribution < -0.4 is 0 Å². The second kappa shape index (κ2) is 6.80. The number of pyridine rings is 1. The molecular weight excluding hydrogens is 255 g/mol. The van der Waals surface area contributed by atoms with Gasteiger partial charge >= 0.3 is 5.97 Å². The summed E-state index contributed by atoms with van der Waals surface area (Å²) in [5.41, 5.74) is 0.832. The van der Waals surface area contributed by atoms with E-state index >= 15 is 0 Å². The molecule has 98 valence electrons. The molecule has 19 heavy (non-hydrogen) atoms. The topological polar surface area (TPSA) is 99.8 Å². The van der Waals surface area contributed by atoms with Crippen LogP contribution in [0.3, 0.4) is 0 Å². The normalized spacial score (nSPS) is 9.11. The van der Waals surface area contributed by atoms with Gasteiger partial charge < -0.3 is 10.3 Å². The van der Waals surface area contributed by atoms with E-state index in [2.05, 4.69) is 4.98 Å². The minimum atomic E-state index is -1.29. The first kappa shape index (κ1) is 14.2. The Morgan fingerprint density at radius 1 is 1.26 bits per heavy atom. The van der Waals surface area contributed by atoms with Crippen LogP contribution in [-0.2, 0) is 0 Å². The number of rotatable bonds is 2. The molecule has 0 saturated heterocycles. The summed E-state index contributed by atoms with van der Waals surface area (Å²) >= 11 is 0. The average molecular weight is 264 g/mol. The number of carboxylic acid groups (broad SMARTS) is 1. The van der Waals surface area contributed by atoms with E-state index in [1.54, 1.807) is 24.3 Å². The molecular formula is C12H9FN2O4. The summed E-state index contributed by atoms with van der Waals surface area (Å²) in [6.45, 7) is 0. The van der Waals surface area contributed by atoms with Crippen molar-refractivity contribution in [2.75, 3.05) is 0 Å². The summed E-state index contributed by atoms with van der Waals surface area (Å²) in [7, 11) is 0. The molecule has 0 saturated carbocycles. The predicted molar refractivity (Wildman–Crippen MR) is 64.2 cm³/mol. The summed E-state index contributed by atoms with van der Waals surface area (Å²) in [6.07, 6.45) is 0.922. The second-order valence-electron chi connectivity index (χ2n) is 3.30. The van der Waals surface area contributed by atoms with Crippen LogP contribution >= 0.6 is 0 Å². The van der Waals surface area contributed by atoms with Crippen molar-refractivity contribution < 1.29 is 19.5 Å². The minimum absolute atomic E-state index is 0.367. The van der Waals surface area contributed by atoms with Gasteiger partial charge in [-0.1, -0.05) is 30.3 Å². The van der Waals surface area contributed by atoms with Gasteiger partial charge in [-0.3, -0.25) is 4.98 Å². The van der Waals surface area contributed by atoms with Gasteiger partial charge in [0.25, 0.3) is 0 Å². The second-order valence-corrected chi connectivity index (χ2v) is 3.30. The predicted octanol–water partition coefficient (Wildman–Crippen LogP) is 2.73. The van der Waals surface area contributed by atoms with Crippen molar-refractivity contribution in [3.05, 3.63) is 58.9 Å². The molecule has 1 aromatic heterocycles. The number of aromatic carboxylic acids is 1. The van der Waals surface area contributed by atoms with Gasteiger partial charge in [-0.25, -0.2) is 9.18 Å². The highest BCUT2D eigenvalue weighted by Crippen LogP contribution is 2.18. The van der Waals surface area contributed by atoms with Crippen molar-refractivity contribution in [3.8, 4) is 11.3 Å². The van der Waals surface area contributed by atoms with Gasteiger partial charge in [-0.15, -0.1) is 4.91 Å². The Morgan fingerprint density at radius 3 is 2.37 bits per heavy atom. The van der Waals surface area contributed by atoms with Gasteiger partial charge in [0, 0.05) is 5.56 Å². The molecule has 2 rings (SSSR count). The summed E-state index contributed by atoms with van der Waals surface area (Å²) < 4.78 is 13.1. The van der Waals surface area contributed by atoms with Crippen molar-refractivity contribution in [1.82, 2.24) is 4.98 Å². The van der Waals surface area contributed by atoms with Gasteiger partial charge in [0.1, 0.15) is 0 Å². The van der Waals surface area contributed by atoms with Crippen LogP contribution in [0.4, 0.5) is 4.39 Å². The molecule has 0 fully saturated rings. The van der Waals surface area contributed by atoms with Gasteiger partial charge in [0.05, 0.1) is 17.5 Å². The van der Waals surface area contributed by atoms with Crippen molar-refractivity contribution in [3.63, 3.8) is 0 Å². The lowest BCUT2D eigenvalue weighted by Gasteiger charge is -2.02. The fraction of sp³-hybridized carbons (Fsp3) is 0. The molecule has 0 spiro atoms. The quantitative estimate of drug-likeness (QED) is 0.641. The van der Waals surface area contributed by atoms with E-state index in [-0.39, 0.29) is 5.56 Å². The van der Waals surface area contributed by atoms with Gasteiger partial charge in [0.2, 0.25) is 0 Å². The lowest BCUT2D eigenvalue weighted by molar-refractivity contribution is 0.0691. The Labute approximate surface area is 107 Å². The lowest BCUT2D eigenvalue weighted by atomic mass is 10.1. The fourth-order valence-corrected chi connectivity index (χ4v) is 1.37. The zero-order valence-corrected chi connectivity index (χ0v) is 9.52. The average Bonchev–Trinajstić information content (AvgIpc) is 2.41. The molecule has 7 heteroatoms. The van der Waals surface area contributed by atoms with Crippen LogP contribution in [0.1, 0.15) is 10.4 Å². The maximum atomic E-state index is 13.1. The van der Waals surface area contributed by atoms with E-state index < -0.39 is 11.8 Å². The highest BCUT2D eigenvalue weighted by atomic mass is 19.1. The van der Waals surface area contributed by atoms with E-state index in [1.807, 2.05) is 6.07 Å². The number of aromatic nitrogens is 1. The van der Waals surface area contributed by atoms with Crippen LogP contribution in [0.15, 0.2) is 47.9 Å². The molecule has 0 radical (unpaired) electrons. The van der Waals surface area contributed by atoms with E-state index in [0.29, 0.717) is 5.69 Å². The van der Waals surface area contributed by atoms with Gasteiger partial charge in [-0.2, -0.15) is 0 Å². The van der Waals surface area contributed by atoms with Gasteiger partial charge in [-0.05, 0) is 6.07 Å². The van der Waals surface area contributed by atoms with Crippen LogP contribution in [0, 0.1) is 10.7 Å². The molecule has 2 aromatic rings. The Kier molecular flexibility index (Phi) is 5.09. The van der Waals surface area contributed by atoms with Crippen molar-refractivity contribution in [2.24, 2.45) is 5.34 Å². The van der Waals surface area contributed by atoms with Crippen molar-refractivity contribution >= 4 is 5.97 Å². The first-order valence-corrected chi connectivity index (χ1v) is 5.01. The minimum Gasteiger partial charge on any atom is -0.478 e. The summed E-state index contributed by atoms with van der Waals surface area (Å²) in [5.74, 6) is -2.12.